The van der Waals surface area contributed by atoms with E-state index in [9.17, 15) is 4.79 Å². The summed E-state index contributed by atoms with van der Waals surface area (Å²) in [6.07, 6.45) is 5.97. The van der Waals surface area contributed by atoms with Crippen molar-refractivity contribution in [1.82, 2.24) is 15.3 Å². The van der Waals surface area contributed by atoms with Crippen molar-refractivity contribution in [3.05, 3.63) is 16.9 Å². The van der Waals surface area contributed by atoms with Crippen LogP contribution in [0.2, 0.25) is 5.15 Å². The van der Waals surface area contributed by atoms with Crippen LogP contribution in [0.1, 0.15) is 36.2 Å². The third-order valence-corrected chi connectivity index (χ3v) is 4.17. The number of carbonyl (C=O) groups is 1. The molecule has 1 aromatic heterocycles. The maximum absolute atomic E-state index is 12.2. The van der Waals surface area contributed by atoms with Gasteiger partial charge in [0.15, 0.2) is 5.16 Å². The molecule has 0 bridgehead atoms. The third kappa shape index (κ3) is 4.07. The average Bonchev–Trinajstić information content (AvgIpc) is 2.47. The van der Waals surface area contributed by atoms with Gasteiger partial charge in [0.2, 0.25) is 0 Å². The molecule has 1 saturated carbocycles. The van der Waals surface area contributed by atoms with Crippen molar-refractivity contribution in [3.8, 4) is 0 Å². The topological polar surface area (TPSA) is 64.1 Å². The Bertz CT molecular complexity index is 479. The zero-order valence-electron chi connectivity index (χ0n) is 11.6. The smallest absolute Gasteiger partial charge is 0.270 e. The summed E-state index contributed by atoms with van der Waals surface area (Å²) in [5.74, 6) is -0.189. The van der Waals surface area contributed by atoms with Crippen molar-refractivity contribution in [3.63, 3.8) is 0 Å². The Labute approximate surface area is 127 Å². The molecule has 1 aromatic rings. The van der Waals surface area contributed by atoms with E-state index >= 15 is 0 Å². The second-order valence-corrected chi connectivity index (χ2v) is 5.91. The molecular formula is C13H18ClN3O2S. The molecule has 1 N–H and O–H groups in total. The van der Waals surface area contributed by atoms with Crippen LogP contribution in [-0.4, -0.2) is 41.4 Å². The lowest BCUT2D eigenvalue weighted by atomic mass is 9.93. The van der Waals surface area contributed by atoms with Crippen molar-refractivity contribution < 1.29 is 9.53 Å². The van der Waals surface area contributed by atoms with E-state index < -0.39 is 0 Å². The Kier molecular flexibility index (Phi) is 5.63. The summed E-state index contributed by atoms with van der Waals surface area (Å²) in [7, 11) is 1.73. The van der Waals surface area contributed by atoms with E-state index in [1.165, 1.54) is 17.8 Å². The highest BCUT2D eigenvalue weighted by Gasteiger charge is 2.23. The molecule has 1 heterocycles. The minimum absolute atomic E-state index is 0.181. The number of nitrogens with one attached hydrogen (secondary N) is 1. The van der Waals surface area contributed by atoms with E-state index in [2.05, 4.69) is 15.3 Å². The molecule has 2 rings (SSSR count). The highest BCUT2D eigenvalue weighted by atomic mass is 35.5. The zero-order chi connectivity index (χ0) is 14.5. The predicted molar refractivity (Wildman–Crippen MR) is 79.3 cm³/mol. The lowest BCUT2D eigenvalue weighted by molar-refractivity contribution is 0.0598. The quantitative estimate of drug-likeness (QED) is 0.525. The maximum atomic E-state index is 12.2. The van der Waals surface area contributed by atoms with E-state index in [4.69, 9.17) is 16.3 Å². The number of ether oxygens (including phenoxy) is 1. The molecule has 1 fully saturated rings. The van der Waals surface area contributed by atoms with Gasteiger partial charge in [-0.15, -0.1) is 0 Å². The van der Waals surface area contributed by atoms with Crippen molar-refractivity contribution in [2.75, 3.05) is 13.4 Å². The number of methoxy groups -OCH3 is 1. The van der Waals surface area contributed by atoms with Crippen LogP contribution in [0.5, 0.6) is 0 Å². The van der Waals surface area contributed by atoms with Crippen LogP contribution in [0.15, 0.2) is 11.2 Å². The summed E-state index contributed by atoms with van der Waals surface area (Å²) in [6, 6.07) is 1.68. The molecule has 1 aliphatic carbocycles. The third-order valence-electron chi connectivity index (χ3n) is 3.43. The van der Waals surface area contributed by atoms with Gasteiger partial charge in [-0.05, 0) is 31.9 Å². The number of rotatable bonds is 4. The van der Waals surface area contributed by atoms with Gasteiger partial charge in [-0.3, -0.25) is 4.79 Å². The summed E-state index contributed by atoms with van der Waals surface area (Å²) in [5, 5.41) is 3.80. The average molecular weight is 316 g/mol. The highest BCUT2D eigenvalue weighted by molar-refractivity contribution is 7.98. The standard InChI is InChI=1S/C13H18ClN3O2S/c1-19-9-5-3-8(4-6-9)15-12(18)10-7-11(14)17-13(16-10)20-2/h7-9H,3-6H2,1-2H3,(H,15,18). The first kappa shape index (κ1) is 15.5. The van der Waals surface area contributed by atoms with Crippen LogP contribution >= 0.6 is 23.4 Å². The fraction of sp³-hybridized carbons (Fsp3) is 0.615. The van der Waals surface area contributed by atoms with Gasteiger partial charge >= 0.3 is 0 Å². The number of amides is 1. The zero-order valence-corrected chi connectivity index (χ0v) is 13.1. The Hall–Kier alpha value is -0.850. The van der Waals surface area contributed by atoms with Gasteiger partial charge in [0.05, 0.1) is 6.10 Å². The SMILES string of the molecule is COC1CCC(NC(=O)c2cc(Cl)nc(SC)n2)CC1. The summed E-state index contributed by atoms with van der Waals surface area (Å²) < 4.78 is 5.32. The summed E-state index contributed by atoms with van der Waals surface area (Å²) in [5.41, 5.74) is 0.322. The van der Waals surface area contributed by atoms with Crippen molar-refractivity contribution in [2.45, 2.75) is 43.0 Å². The number of nitrogens with zero attached hydrogens (tertiary/aromatic N) is 2. The lowest BCUT2D eigenvalue weighted by Crippen LogP contribution is -2.39. The molecule has 0 aliphatic heterocycles. The Morgan fingerprint density at radius 3 is 2.70 bits per heavy atom. The van der Waals surface area contributed by atoms with Gasteiger partial charge < -0.3 is 10.1 Å². The predicted octanol–water partition coefficient (Wildman–Crippen LogP) is 2.54. The number of carbonyl (C=O) groups excluding carboxylic acids is 1. The van der Waals surface area contributed by atoms with Crippen LogP contribution in [0.4, 0.5) is 0 Å². The molecule has 1 aliphatic rings. The summed E-state index contributed by atoms with van der Waals surface area (Å²) >= 11 is 7.25. The van der Waals surface area contributed by atoms with E-state index in [0.717, 1.165) is 25.7 Å². The highest BCUT2D eigenvalue weighted by Crippen LogP contribution is 2.21. The van der Waals surface area contributed by atoms with Crippen LogP contribution < -0.4 is 5.32 Å². The molecule has 110 valence electrons. The van der Waals surface area contributed by atoms with E-state index in [1.807, 2.05) is 6.26 Å². The lowest BCUT2D eigenvalue weighted by Gasteiger charge is -2.28. The second-order valence-electron chi connectivity index (χ2n) is 4.75. The van der Waals surface area contributed by atoms with Crippen LogP contribution in [-0.2, 0) is 4.74 Å². The van der Waals surface area contributed by atoms with Crippen molar-refractivity contribution in [1.29, 1.82) is 0 Å². The fourth-order valence-electron chi connectivity index (χ4n) is 2.31. The minimum Gasteiger partial charge on any atom is -0.381 e. The van der Waals surface area contributed by atoms with Crippen LogP contribution in [0.3, 0.4) is 0 Å². The van der Waals surface area contributed by atoms with Gasteiger partial charge in [0, 0.05) is 19.2 Å². The molecule has 0 atom stereocenters. The number of hydrogen-bond acceptors (Lipinski definition) is 5. The fourth-order valence-corrected chi connectivity index (χ4v) is 2.92. The van der Waals surface area contributed by atoms with Gasteiger partial charge in [0.1, 0.15) is 10.8 Å². The normalized spacial score (nSPS) is 22.6. The number of halogens is 1. The molecule has 0 saturated heterocycles. The van der Waals surface area contributed by atoms with E-state index in [1.54, 1.807) is 7.11 Å². The van der Waals surface area contributed by atoms with Gasteiger partial charge in [-0.25, -0.2) is 9.97 Å². The number of hydrogen-bond donors (Lipinski definition) is 1. The Balaban J connectivity index is 1.97. The van der Waals surface area contributed by atoms with Crippen molar-refractivity contribution in [2.24, 2.45) is 0 Å². The molecule has 0 unspecified atom stereocenters. The molecule has 20 heavy (non-hydrogen) atoms. The van der Waals surface area contributed by atoms with Gasteiger partial charge in [-0.1, -0.05) is 23.4 Å². The first-order valence-electron chi connectivity index (χ1n) is 6.54. The van der Waals surface area contributed by atoms with Crippen molar-refractivity contribution >= 4 is 29.3 Å². The van der Waals surface area contributed by atoms with Crippen LogP contribution in [0, 0.1) is 0 Å². The van der Waals surface area contributed by atoms with Gasteiger partial charge in [-0.2, -0.15) is 0 Å². The largest absolute Gasteiger partial charge is 0.381 e. The second kappa shape index (κ2) is 7.24. The number of thioether (sulfide) groups is 1. The molecular weight excluding hydrogens is 298 g/mol. The molecule has 0 spiro atoms. The first-order valence-corrected chi connectivity index (χ1v) is 8.15. The Morgan fingerprint density at radius 1 is 1.40 bits per heavy atom. The van der Waals surface area contributed by atoms with E-state index in [-0.39, 0.29) is 17.1 Å². The number of aromatic nitrogens is 2. The van der Waals surface area contributed by atoms with Gasteiger partial charge in [0.25, 0.3) is 5.91 Å². The van der Waals surface area contributed by atoms with Crippen LogP contribution in [0.25, 0.3) is 0 Å². The molecule has 7 heteroatoms. The monoisotopic (exact) mass is 315 g/mol. The molecule has 0 aromatic carbocycles. The molecule has 5 nitrogen and oxygen atoms in total. The maximum Gasteiger partial charge on any atom is 0.270 e. The molecule has 0 radical (unpaired) electrons. The molecule has 1 amide bonds. The Morgan fingerprint density at radius 2 is 2.10 bits per heavy atom. The first-order chi connectivity index (χ1) is 9.62. The summed E-state index contributed by atoms with van der Waals surface area (Å²) in [6.45, 7) is 0. The minimum atomic E-state index is -0.189. The van der Waals surface area contributed by atoms with E-state index in [0.29, 0.717) is 17.0 Å². The summed E-state index contributed by atoms with van der Waals surface area (Å²) in [4.78, 5) is 20.4.